The molecule has 7 nitrogen and oxygen atoms in total. The molecule has 120 valence electrons. The largest absolute Gasteiger partial charge is 0.369 e. The van der Waals surface area contributed by atoms with Crippen LogP contribution in [0, 0.1) is 0 Å². The Hall–Kier alpha value is -2.05. The number of hydrogen-bond acceptors (Lipinski definition) is 4. The van der Waals surface area contributed by atoms with Crippen LogP contribution in [0.5, 0.6) is 0 Å². The first kappa shape index (κ1) is 14.9. The van der Waals surface area contributed by atoms with Gasteiger partial charge in [-0.25, -0.2) is 9.48 Å². The standard InChI is InChI=1S/C15H23N5O2/c1-3-5-9-18-13-11(12-16-7-6-10-20(12)17-13)14(21)19(8-4-2)15(18)22/h16H,3-10H2,1-2H3. The summed E-state index contributed by atoms with van der Waals surface area (Å²) in [5.74, 6) is 0.765. The van der Waals surface area contributed by atoms with Crippen LogP contribution in [-0.2, 0) is 19.6 Å². The van der Waals surface area contributed by atoms with Crippen LogP contribution in [0.2, 0.25) is 0 Å². The molecule has 22 heavy (non-hydrogen) atoms. The molecule has 0 spiro atoms. The number of aromatic nitrogens is 4. The average molecular weight is 305 g/mol. The third kappa shape index (κ3) is 2.24. The van der Waals surface area contributed by atoms with Crippen molar-refractivity contribution in [2.75, 3.05) is 11.9 Å². The molecule has 2 aromatic heterocycles. The lowest BCUT2D eigenvalue weighted by Crippen LogP contribution is -2.40. The van der Waals surface area contributed by atoms with Crippen LogP contribution in [0.4, 0.5) is 5.82 Å². The van der Waals surface area contributed by atoms with Gasteiger partial charge in [-0.05, 0) is 19.3 Å². The molecule has 1 aliphatic rings. The van der Waals surface area contributed by atoms with E-state index >= 15 is 0 Å². The molecule has 0 aromatic carbocycles. The lowest BCUT2D eigenvalue weighted by molar-refractivity contribution is 0.535. The second-order valence-electron chi connectivity index (χ2n) is 5.80. The van der Waals surface area contributed by atoms with Crippen molar-refractivity contribution in [1.82, 2.24) is 18.9 Å². The van der Waals surface area contributed by atoms with Gasteiger partial charge in [0.1, 0.15) is 11.2 Å². The molecule has 0 unspecified atom stereocenters. The van der Waals surface area contributed by atoms with Crippen LogP contribution in [0.3, 0.4) is 0 Å². The van der Waals surface area contributed by atoms with Gasteiger partial charge in [-0.15, -0.1) is 0 Å². The maximum Gasteiger partial charge on any atom is 0.332 e. The summed E-state index contributed by atoms with van der Waals surface area (Å²) in [6.07, 6.45) is 3.62. The Morgan fingerprint density at radius 2 is 1.95 bits per heavy atom. The smallest absolute Gasteiger partial charge is 0.332 e. The number of unbranched alkanes of at least 4 members (excludes halogenated alkanes) is 1. The molecule has 0 fully saturated rings. The molecule has 3 rings (SSSR count). The van der Waals surface area contributed by atoms with Crippen LogP contribution in [0.1, 0.15) is 39.5 Å². The topological polar surface area (TPSA) is 73.8 Å². The van der Waals surface area contributed by atoms with Gasteiger partial charge < -0.3 is 5.32 Å². The van der Waals surface area contributed by atoms with E-state index < -0.39 is 0 Å². The highest BCUT2D eigenvalue weighted by molar-refractivity contribution is 5.87. The fraction of sp³-hybridized carbons (Fsp3) is 0.667. The molecule has 0 saturated carbocycles. The molecule has 0 atom stereocenters. The maximum atomic E-state index is 12.8. The Bertz CT molecular complexity index is 799. The van der Waals surface area contributed by atoms with Crippen LogP contribution in [-0.4, -0.2) is 25.5 Å². The summed E-state index contributed by atoms with van der Waals surface area (Å²) >= 11 is 0. The van der Waals surface area contributed by atoms with E-state index in [1.54, 1.807) is 4.57 Å². The summed E-state index contributed by atoms with van der Waals surface area (Å²) < 4.78 is 4.85. The molecule has 0 amide bonds. The van der Waals surface area contributed by atoms with E-state index in [1.807, 2.05) is 11.6 Å². The zero-order valence-corrected chi connectivity index (χ0v) is 13.3. The van der Waals surface area contributed by atoms with E-state index in [-0.39, 0.29) is 11.2 Å². The maximum absolute atomic E-state index is 12.8. The summed E-state index contributed by atoms with van der Waals surface area (Å²) in [6, 6.07) is 0. The first-order valence-electron chi connectivity index (χ1n) is 8.17. The van der Waals surface area contributed by atoms with E-state index in [9.17, 15) is 9.59 Å². The molecular weight excluding hydrogens is 282 g/mol. The second-order valence-corrected chi connectivity index (χ2v) is 5.80. The highest BCUT2D eigenvalue weighted by Crippen LogP contribution is 2.22. The van der Waals surface area contributed by atoms with Crippen molar-refractivity contribution in [3.63, 3.8) is 0 Å². The molecule has 0 saturated heterocycles. The first-order chi connectivity index (χ1) is 10.7. The number of hydrogen-bond donors (Lipinski definition) is 1. The average Bonchev–Trinajstić information content (AvgIpc) is 2.91. The van der Waals surface area contributed by atoms with Crippen molar-refractivity contribution in [2.24, 2.45) is 0 Å². The van der Waals surface area contributed by atoms with Crippen molar-refractivity contribution in [1.29, 1.82) is 0 Å². The quantitative estimate of drug-likeness (QED) is 0.906. The molecule has 0 radical (unpaired) electrons. The highest BCUT2D eigenvalue weighted by Gasteiger charge is 2.23. The zero-order valence-electron chi connectivity index (χ0n) is 13.3. The number of anilines is 1. The minimum absolute atomic E-state index is 0.217. The van der Waals surface area contributed by atoms with Gasteiger partial charge in [-0.2, -0.15) is 5.10 Å². The Kier molecular flexibility index (Phi) is 4.04. The summed E-state index contributed by atoms with van der Waals surface area (Å²) in [4.78, 5) is 25.4. The van der Waals surface area contributed by atoms with Crippen molar-refractivity contribution in [3.05, 3.63) is 20.8 Å². The summed E-state index contributed by atoms with van der Waals surface area (Å²) in [7, 11) is 0. The predicted octanol–water partition coefficient (Wildman–Crippen LogP) is 1.39. The molecule has 1 N–H and O–H groups in total. The van der Waals surface area contributed by atoms with Gasteiger partial charge in [0.2, 0.25) is 0 Å². The lowest BCUT2D eigenvalue weighted by atomic mass is 10.3. The van der Waals surface area contributed by atoms with Crippen molar-refractivity contribution < 1.29 is 0 Å². The molecule has 0 bridgehead atoms. The van der Waals surface area contributed by atoms with E-state index in [4.69, 9.17) is 0 Å². The fourth-order valence-corrected chi connectivity index (χ4v) is 3.01. The number of rotatable bonds is 5. The fourth-order valence-electron chi connectivity index (χ4n) is 3.01. The molecule has 2 aromatic rings. The lowest BCUT2D eigenvalue weighted by Gasteiger charge is -2.15. The Morgan fingerprint density at radius 1 is 1.14 bits per heavy atom. The summed E-state index contributed by atoms with van der Waals surface area (Å²) in [6.45, 7) is 6.73. The Morgan fingerprint density at radius 3 is 2.68 bits per heavy atom. The van der Waals surface area contributed by atoms with E-state index in [1.165, 1.54) is 4.57 Å². The predicted molar refractivity (Wildman–Crippen MR) is 86.6 cm³/mol. The first-order valence-corrected chi connectivity index (χ1v) is 8.17. The third-order valence-electron chi connectivity index (χ3n) is 4.13. The van der Waals surface area contributed by atoms with Gasteiger partial charge in [-0.3, -0.25) is 13.9 Å². The van der Waals surface area contributed by atoms with Gasteiger partial charge >= 0.3 is 5.69 Å². The van der Waals surface area contributed by atoms with Gasteiger partial charge in [0.25, 0.3) is 5.56 Å². The van der Waals surface area contributed by atoms with Crippen molar-refractivity contribution >= 4 is 16.9 Å². The highest BCUT2D eigenvalue weighted by atomic mass is 16.2. The molecule has 3 heterocycles. The number of nitrogens with one attached hydrogen (secondary N) is 1. The Balaban J connectivity index is 2.33. The van der Waals surface area contributed by atoms with Gasteiger partial charge in [-0.1, -0.05) is 20.3 Å². The zero-order chi connectivity index (χ0) is 15.7. The number of aryl methyl sites for hydroxylation is 2. The van der Waals surface area contributed by atoms with Crippen molar-refractivity contribution in [3.8, 4) is 0 Å². The normalized spacial score (nSPS) is 14.1. The third-order valence-corrected chi connectivity index (χ3v) is 4.13. The van der Waals surface area contributed by atoms with Crippen molar-refractivity contribution in [2.45, 2.75) is 59.2 Å². The van der Waals surface area contributed by atoms with Crippen LogP contribution in [0.15, 0.2) is 9.59 Å². The molecule has 7 heteroatoms. The monoisotopic (exact) mass is 305 g/mol. The molecule has 1 aliphatic heterocycles. The van der Waals surface area contributed by atoms with Gasteiger partial charge in [0, 0.05) is 26.2 Å². The molecule has 0 aliphatic carbocycles. The van der Waals surface area contributed by atoms with E-state index in [2.05, 4.69) is 17.3 Å². The van der Waals surface area contributed by atoms with Gasteiger partial charge in [0.15, 0.2) is 5.65 Å². The SMILES string of the molecule is CCCCn1c(=O)n(CCC)c(=O)c2c3n(nc21)CCCN3. The second kappa shape index (κ2) is 5.98. The van der Waals surface area contributed by atoms with Gasteiger partial charge in [0.05, 0.1) is 0 Å². The molecular formula is C15H23N5O2. The van der Waals surface area contributed by atoms with Crippen LogP contribution >= 0.6 is 0 Å². The van der Waals surface area contributed by atoms with Crippen LogP contribution < -0.4 is 16.6 Å². The van der Waals surface area contributed by atoms with E-state index in [0.29, 0.717) is 24.1 Å². The minimum atomic E-state index is -0.233. The Labute approximate surface area is 128 Å². The van der Waals surface area contributed by atoms with Crippen LogP contribution in [0.25, 0.3) is 11.0 Å². The number of fused-ring (bicyclic) bond motifs is 3. The number of nitrogens with zero attached hydrogens (tertiary/aromatic N) is 4. The summed E-state index contributed by atoms with van der Waals surface area (Å²) in [5, 5.41) is 8.36. The van der Waals surface area contributed by atoms with E-state index in [0.717, 1.165) is 44.6 Å². The summed E-state index contributed by atoms with van der Waals surface area (Å²) in [5.41, 5.74) is 0.0775. The minimum Gasteiger partial charge on any atom is -0.369 e.